The van der Waals surface area contributed by atoms with Gasteiger partial charge in [0.25, 0.3) is 0 Å². The van der Waals surface area contributed by atoms with Gasteiger partial charge in [-0.1, -0.05) is 43.7 Å². The summed E-state index contributed by atoms with van der Waals surface area (Å²) in [7, 11) is 2.07. The monoisotopic (exact) mass is 350 g/mol. The van der Waals surface area contributed by atoms with Crippen molar-refractivity contribution in [1.82, 2.24) is 9.55 Å². The summed E-state index contributed by atoms with van der Waals surface area (Å²) < 4.78 is 2.17. The summed E-state index contributed by atoms with van der Waals surface area (Å²) in [5.41, 5.74) is 7.46. The number of para-hydroxylation sites is 1. The summed E-state index contributed by atoms with van der Waals surface area (Å²) in [6.07, 6.45) is 2.19. The van der Waals surface area contributed by atoms with E-state index < -0.39 is 5.60 Å². The first-order valence-corrected chi connectivity index (χ1v) is 9.54. The standard InChI is InChI=1S/C23H30N2O/c1-7-23(26,8-2)19-10-9-11-20-22(19)25(6)21(24-20)14-18-16(4)12-15(3)13-17(18)5/h9-13,26H,7-8,14H2,1-6H3. The Bertz CT molecular complexity index is 925. The molecular weight excluding hydrogens is 320 g/mol. The summed E-state index contributed by atoms with van der Waals surface area (Å²) in [5.74, 6) is 1.04. The lowest BCUT2D eigenvalue weighted by Crippen LogP contribution is -2.24. The van der Waals surface area contributed by atoms with Gasteiger partial charge >= 0.3 is 0 Å². The van der Waals surface area contributed by atoms with Gasteiger partial charge in [0.2, 0.25) is 0 Å². The van der Waals surface area contributed by atoms with Gasteiger partial charge in [-0.3, -0.25) is 0 Å². The Balaban J connectivity index is 2.15. The number of benzene rings is 2. The summed E-state index contributed by atoms with van der Waals surface area (Å²) in [5, 5.41) is 11.1. The van der Waals surface area contributed by atoms with Crippen LogP contribution in [0.3, 0.4) is 0 Å². The molecule has 3 heteroatoms. The highest BCUT2D eigenvalue weighted by Crippen LogP contribution is 2.34. The Morgan fingerprint density at radius 3 is 2.23 bits per heavy atom. The minimum absolute atomic E-state index is 0.694. The lowest BCUT2D eigenvalue weighted by molar-refractivity contribution is 0.0296. The lowest BCUT2D eigenvalue weighted by atomic mass is 9.87. The molecule has 3 aromatic rings. The number of aromatic nitrogens is 2. The zero-order valence-corrected chi connectivity index (χ0v) is 16.8. The van der Waals surface area contributed by atoms with Crippen LogP contribution in [-0.2, 0) is 19.1 Å². The summed E-state index contributed by atoms with van der Waals surface area (Å²) in [6, 6.07) is 10.6. The highest BCUT2D eigenvalue weighted by Gasteiger charge is 2.28. The Labute approximate surface area is 156 Å². The Morgan fingerprint density at radius 1 is 1.04 bits per heavy atom. The Hall–Kier alpha value is -2.13. The van der Waals surface area contributed by atoms with E-state index in [0.29, 0.717) is 12.8 Å². The van der Waals surface area contributed by atoms with Gasteiger partial charge in [0.15, 0.2) is 0 Å². The molecule has 3 nitrogen and oxygen atoms in total. The van der Waals surface area contributed by atoms with Crippen molar-refractivity contribution in [2.24, 2.45) is 7.05 Å². The van der Waals surface area contributed by atoms with E-state index in [0.717, 1.165) is 28.8 Å². The van der Waals surface area contributed by atoms with Crippen molar-refractivity contribution in [3.05, 3.63) is 64.0 Å². The summed E-state index contributed by atoms with van der Waals surface area (Å²) >= 11 is 0. The molecule has 138 valence electrons. The molecule has 0 bridgehead atoms. The van der Waals surface area contributed by atoms with Crippen molar-refractivity contribution in [3.63, 3.8) is 0 Å². The van der Waals surface area contributed by atoms with Crippen LogP contribution in [-0.4, -0.2) is 14.7 Å². The van der Waals surface area contributed by atoms with Gasteiger partial charge in [0.1, 0.15) is 5.82 Å². The fraction of sp³-hybridized carbons (Fsp3) is 0.435. The molecule has 1 aromatic heterocycles. The highest BCUT2D eigenvalue weighted by atomic mass is 16.3. The number of rotatable bonds is 5. The zero-order chi connectivity index (χ0) is 19.1. The first kappa shape index (κ1) is 18.7. The molecule has 0 atom stereocenters. The third kappa shape index (κ3) is 3.05. The molecule has 0 amide bonds. The smallest absolute Gasteiger partial charge is 0.114 e. The van der Waals surface area contributed by atoms with E-state index in [2.05, 4.69) is 44.5 Å². The maximum Gasteiger partial charge on any atom is 0.114 e. The fourth-order valence-corrected chi connectivity index (χ4v) is 4.13. The molecule has 26 heavy (non-hydrogen) atoms. The second-order valence-corrected chi connectivity index (χ2v) is 7.55. The Morgan fingerprint density at radius 2 is 1.65 bits per heavy atom. The van der Waals surface area contributed by atoms with Crippen molar-refractivity contribution in [3.8, 4) is 0 Å². The summed E-state index contributed by atoms with van der Waals surface area (Å²) in [4.78, 5) is 4.91. The number of aliphatic hydroxyl groups is 1. The second kappa shape index (κ2) is 6.88. The van der Waals surface area contributed by atoms with Crippen LogP contribution in [0.1, 0.15) is 60.3 Å². The predicted molar refractivity (Wildman–Crippen MR) is 109 cm³/mol. The van der Waals surface area contributed by atoms with Gasteiger partial charge in [-0.05, 0) is 56.4 Å². The molecule has 0 aliphatic heterocycles. The molecule has 1 heterocycles. The molecule has 0 saturated carbocycles. The van der Waals surface area contributed by atoms with Crippen LogP contribution in [0.5, 0.6) is 0 Å². The molecule has 3 rings (SSSR count). The maximum absolute atomic E-state index is 11.1. The first-order valence-electron chi connectivity index (χ1n) is 9.54. The van der Waals surface area contributed by atoms with E-state index in [1.807, 2.05) is 32.0 Å². The van der Waals surface area contributed by atoms with Crippen LogP contribution in [0.2, 0.25) is 0 Å². The quantitative estimate of drug-likeness (QED) is 0.695. The second-order valence-electron chi connectivity index (χ2n) is 7.55. The van der Waals surface area contributed by atoms with E-state index in [1.165, 1.54) is 22.3 Å². The molecule has 0 aliphatic rings. The largest absolute Gasteiger partial charge is 0.385 e. The average Bonchev–Trinajstić information content (AvgIpc) is 2.93. The number of aryl methyl sites for hydroxylation is 4. The number of hydrogen-bond donors (Lipinski definition) is 1. The molecule has 0 radical (unpaired) electrons. The molecule has 0 fully saturated rings. The molecule has 0 aliphatic carbocycles. The Kier molecular flexibility index (Phi) is 4.94. The minimum atomic E-state index is -0.805. The SMILES string of the molecule is CCC(O)(CC)c1cccc2nc(Cc3c(C)cc(C)cc3C)n(C)c12. The van der Waals surface area contributed by atoms with Crippen molar-refractivity contribution < 1.29 is 5.11 Å². The van der Waals surface area contributed by atoms with E-state index in [4.69, 9.17) is 4.98 Å². The molecular formula is C23H30N2O. The lowest BCUT2D eigenvalue weighted by Gasteiger charge is -2.26. The average molecular weight is 351 g/mol. The van der Waals surface area contributed by atoms with Gasteiger partial charge in [0.05, 0.1) is 16.6 Å². The maximum atomic E-state index is 11.1. The first-order chi connectivity index (χ1) is 12.3. The number of hydrogen-bond acceptors (Lipinski definition) is 2. The highest BCUT2D eigenvalue weighted by molar-refractivity contribution is 5.81. The third-order valence-electron chi connectivity index (χ3n) is 5.83. The van der Waals surface area contributed by atoms with Crippen LogP contribution in [0.15, 0.2) is 30.3 Å². The number of imidazole rings is 1. The normalized spacial score (nSPS) is 12.1. The van der Waals surface area contributed by atoms with Gasteiger partial charge < -0.3 is 9.67 Å². The van der Waals surface area contributed by atoms with Gasteiger partial charge in [0, 0.05) is 19.0 Å². The van der Waals surface area contributed by atoms with Crippen molar-refractivity contribution in [1.29, 1.82) is 0 Å². The fourth-order valence-electron chi connectivity index (χ4n) is 4.13. The molecule has 1 N–H and O–H groups in total. The zero-order valence-electron chi connectivity index (χ0n) is 16.8. The van der Waals surface area contributed by atoms with Crippen LogP contribution in [0.4, 0.5) is 0 Å². The van der Waals surface area contributed by atoms with E-state index >= 15 is 0 Å². The third-order valence-corrected chi connectivity index (χ3v) is 5.83. The number of nitrogens with zero attached hydrogens (tertiary/aromatic N) is 2. The van der Waals surface area contributed by atoms with E-state index in [-0.39, 0.29) is 0 Å². The molecule has 0 saturated heterocycles. The van der Waals surface area contributed by atoms with Gasteiger partial charge in [-0.2, -0.15) is 0 Å². The molecule has 0 spiro atoms. The van der Waals surface area contributed by atoms with Crippen LogP contribution in [0, 0.1) is 20.8 Å². The molecule has 0 unspecified atom stereocenters. The number of fused-ring (bicyclic) bond motifs is 1. The van der Waals surface area contributed by atoms with Crippen LogP contribution in [0.25, 0.3) is 11.0 Å². The minimum Gasteiger partial charge on any atom is -0.385 e. The van der Waals surface area contributed by atoms with Crippen molar-refractivity contribution in [2.75, 3.05) is 0 Å². The van der Waals surface area contributed by atoms with Gasteiger partial charge in [-0.25, -0.2) is 4.98 Å². The van der Waals surface area contributed by atoms with Crippen LogP contribution >= 0.6 is 0 Å². The molecule has 2 aromatic carbocycles. The van der Waals surface area contributed by atoms with Crippen molar-refractivity contribution in [2.45, 2.75) is 59.5 Å². The van der Waals surface area contributed by atoms with E-state index in [1.54, 1.807) is 0 Å². The van der Waals surface area contributed by atoms with Gasteiger partial charge in [-0.15, -0.1) is 0 Å². The predicted octanol–water partition coefficient (Wildman–Crippen LogP) is 5.10. The van der Waals surface area contributed by atoms with Crippen molar-refractivity contribution >= 4 is 11.0 Å². The van der Waals surface area contributed by atoms with E-state index in [9.17, 15) is 5.11 Å². The van der Waals surface area contributed by atoms with Crippen LogP contribution < -0.4 is 0 Å². The summed E-state index contributed by atoms with van der Waals surface area (Å²) in [6.45, 7) is 10.6. The topological polar surface area (TPSA) is 38.1 Å².